The summed E-state index contributed by atoms with van der Waals surface area (Å²) in [5.74, 6) is 0.0231. The minimum Gasteiger partial charge on any atom is -0.356 e. The van der Waals surface area contributed by atoms with E-state index in [9.17, 15) is 9.18 Å². The quantitative estimate of drug-likeness (QED) is 0.874. The lowest BCUT2D eigenvalue weighted by Gasteiger charge is -2.26. The van der Waals surface area contributed by atoms with E-state index in [1.807, 2.05) is 0 Å². The van der Waals surface area contributed by atoms with Crippen molar-refractivity contribution in [1.82, 2.24) is 5.32 Å². The van der Waals surface area contributed by atoms with Gasteiger partial charge in [-0.1, -0.05) is 24.6 Å². The van der Waals surface area contributed by atoms with Crippen LogP contribution in [0.15, 0.2) is 24.3 Å². The van der Waals surface area contributed by atoms with Crippen molar-refractivity contribution in [3.63, 3.8) is 0 Å². The van der Waals surface area contributed by atoms with Crippen molar-refractivity contribution in [2.45, 2.75) is 38.1 Å². The highest BCUT2D eigenvalue weighted by atomic mass is 19.1. The fourth-order valence-corrected chi connectivity index (χ4v) is 2.65. The topological polar surface area (TPSA) is 55.1 Å². The summed E-state index contributed by atoms with van der Waals surface area (Å²) in [4.78, 5) is 11.8. The fraction of sp³-hybridized carbons (Fsp3) is 0.533. The van der Waals surface area contributed by atoms with Gasteiger partial charge in [0.2, 0.25) is 5.91 Å². The number of hydrogen-bond acceptors (Lipinski definition) is 2. The first-order valence-corrected chi connectivity index (χ1v) is 6.91. The third kappa shape index (κ3) is 4.31. The fourth-order valence-electron chi connectivity index (χ4n) is 2.65. The molecule has 1 aliphatic rings. The molecule has 0 aromatic heterocycles. The van der Waals surface area contributed by atoms with Gasteiger partial charge in [0.15, 0.2) is 0 Å². The maximum Gasteiger partial charge on any atom is 0.224 e. The standard InChI is InChI=1S/C15H21FN2O/c16-14-7-2-1-5-12(14)9-15(19)18-10-11-4-3-6-13(17)8-11/h1-2,5,7,11,13H,3-4,6,8-10,17H2,(H,18,19). The highest BCUT2D eigenvalue weighted by molar-refractivity contribution is 5.78. The molecule has 0 bridgehead atoms. The second kappa shape index (κ2) is 6.66. The zero-order chi connectivity index (χ0) is 13.7. The summed E-state index contributed by atoms with van der Waals surface area (Å²) in [6, 6.07) is 6.66. The van der Waals surface area contributed by atoms with Crippen LogP contribution in [0.3, 0.4) is 0 Å². The van der Waals surface area contributed by atoms with Gasteiger partial charge in [0.1, 0.15) is 5.82 Å². The molecule has 2 unspecified atom stereocenters. The Labute approximate surface area is 113 Å². The molecule has 1 aliphatic carbocycles. The summed E-state index contributed by atoms with van der Waals surface area (Å²) < 4.78 is 13.4. The van der Waals surface area contributed by atoms with Gasteiger partial charge in [-0.05, 0) is 36.8 Å². The van der Waals surface area contributed by atoms with E-state index in [1.54, 1.807) is 18.2 Å². The van der Waals surface area contributed by atoms with Gasteiger partial charge in [-0.2, -0.15) is 0 Å². The molecule has 19 heavy (non-hydrogen) atoms. The molecule has 2 rings (SSSR count). The van der Waals surface area contributed by atoms with Gasteiger partial charge in [0, 0.05) is 12.6 Å². The summed E-state index contributed by atoms with van der Waals surface area (Å²) in [5.41, 5.74) is 6.36. The van der Waals surface area contributed by atoms with E-state index in [-0.39, 0.29) is 24.2 Å². The number of rotatable bonds is 4. The Morgan fingerprint density at radius 2 is 2.16 bits per heavy atom. The normalized spacial score (nSPS) is 23.1. The van der Waals surface area contributed by atoms with Crippen molar-refractivity contribution >= 4 is 5.91 Å². The van der Waals surface area contributed by atoms with Crippen LogP contribution in [0.4, 0.5) is 4.39 Å². The van der Waals surface area contributed by atoms with Crippen molar-refractivity contribution in [2.75, 3.05) is 6.54 Å². The number of halogens is 1. The van der Waals surface area contributed by atoms with E-state index in [0.29, 0.717) is 18.0 Å². The minimum atomic E-state index is -0.322. The van der Waals surface area contributed by atoms with Gasteiger partial charge in [0.25, 0.3) is 0 Å². The van der Waals surface area contributed by atoms with Gasteiger partial charge in [-0.15, -0.1) is 0 Å². The molecule has 0 saturated heterocycles. The number of carbonyl (C=O) groups excluding carboxylic acids is 1. The third-order valence-electron chi connectivity index (χ3n) is 3.72. The average molecular weight is 264 g/mol. The zero-order valence-electron chi connectivity index (χ0n) is 11.1. The first-order valence-electron chi connectivity index (χ1n) is 6.91. The van der Waals surface area contributed by atoms with Gasteiger partial charge in [-0.3, -0.25) is 4.79 Å². The molecule has 0 spiro atoms. The number of nitrogens with one attached hydrogen (secondary N) is 1. The first kappa shape index (κ1) is 14.0. The van der Waals surface area contributed by atoms with Crippen molar-refractivity contribution in [2.24, 2.45) is 11.7 Å². The average Bonchev–Trinajstić information content (AvgIpc) is 2.39. The lowest BCUT2D eigenvalue weighted by molar-refractivity contribution is -0.120. The van der Waals surface area contributed by atoms with Crippen molar-refractivity contribution in [3.05, 3.63) is 35.6 Å². The van der Waals surface area contributed by atoms with E-state index in [1.165, 1.54) is 6.07 Å². The van der Waals surface area contributed by atoms with Gasteiger partial charge in [-0.25, -0.2) is 4.39 Å². The summed E-state index contributed by atoms with van der Waals surface area (Å²) in [5, 5.41) is 2.89. The molecule has 3 nitrogen and oxygen atoms in total. The smallest absolute Gasteiger partial charge is 0.224 e. The Bertz CT molecular complexity index is 436. The lowest BCUT2D eigenvalue weighted by atomic mass is 9.86. The van der Waals surface area contributed by atoms with Gasteiger partial charge in [0.05, 0.1) is 6.42 Å². The van der Waals surface area contributed by atoms with Crippen LogP contribution in [0.2, 0.25) is 0 Å². The van der Waals surface area contributed by atoms with Crippen LogP contribution < -0.4 is 11.1 Å². The summed E-state index contributed by atoms with van der Waals surface area (Å²) in [6.07, 6.45) is 4.41. The Balaban J connectivity index is 1.77. The Morgan fingerprint density at radius 1 is 1.37 bits per heavy atom. The van der Waals surface area contributed by atoms with Crippen LogP contribution in [0.1, 0.15) is 31.2 Å². The molecule has 4 heteroatoms. The number of hydrogen-bond donors (Lipinski definition) is 2. The molecule has 0 aliphatic heterocycles. The molecule has 2 atom stereocenters. The molecule has 1 aromatic rings. The van der Waals surface area contributed by atoms with E-state index in [2.05, 4.69) is 5.32 Å². The first-order chi connectivity index (χ1) is 9.15. The van der Waals surface area contributed by atoms with Crippen molar-refractivity contribution in [3.8, 4) is 0 Å². The summed E-state index contributed by atoms with van der Waals surface area (Å²) in [7, 11) is 0. The molecule has 1 saturated carbocycles. The summed E-state index contributed by atoms with van der Waals surface area (Å²) >= 11 is 0. The molecule has 1 aromatic carbocycles. The van der Waals surface area contributed by atoms with Crippen molar-refractivity contribution < 1.29 is 9.18 Å². The molecule has 3 N–H and O–H groups in total. The zero-order valence-corrected chi connectivity index (χ0v) is 11.1. The van der Waals surface area contributed by atoms with Crippen LogP contribution >= 0.6 is 0 Å². The summed E-state index contributed by atoms with van der Waals surface area (Å²) in [6.45, 7) is 0.654. The number of carbonyl (C=O) groups is 1. The monoisotopic (exact) mass is 264 g/mol. The molecule has 1 amide bonds. The maximum absolute atomic E-state index is 13.4. The van der Waals surface area contributed by atoms with Gasteiger partial charge < -0.3 is 11.1 Å². The lowest BCUT2D eigenvalue weighted by Crippen LogP contribution is -2.36. The Kier molecular flexibility index (Phi) is 4.91. The molecule has 104 valence electrons. The van der Waals surface area contributed by atoms with Crippen molar-refractivity contribution in [1.29, 1.82) is 0 Å². The van der Waals surface area contributed by atoms with E-state index >= 15 is 0 Å². The second-order valence-corrected chi connectivity index (χ2v) is 5.36. The van der Waals surface area contributed by atoms with Crippen LogP contribution in [-0.4, -0.2) is 18.5 Å². The van der Waals surface area contributed by atoms with E-state index < -0.39 is 0 Å². The largest absolute Gasteiger partial charge is 0.356 e. The Morgan fingerprint density at radius 3 is 2.89 bits per heavy atom. The Hall–Kier alpha value is -1.42. The predicted octanol–water partition coefficient (Wildman–Crippen LogP) is 2.00. The number of amides is 1. The molecular formula is C15H21FN2O. The highest BCUT2D eigenvalue weighted by Crippen LogP contribution is 2.22. The third-order valence-corrected chi connectivity index (χ3v) is 3.72. The minimum absolute atomic E-state index is 0.103. The predicted molar refractivity (Wildman–Crippen MR) is 73.0 cm³/mol. The molecule has 1 fully saturated rings. The van der Waals surface area contributed by atoms with E-state index in [4.69, 9.17) is 5.73 Å². The molecule has 0 heterocycles. The van der Waals surface area contributed by atoms with Crippen LogP contribution in [-0.2, 0) is 11.2 Å². The van der Waals surface area contributed by atoms with Gasteiger partial charge >= 0.3 is 0 Å². The van der Waals surface area contributed by atoms with E-state index in [0.717, 1.165) is 25.7 Å². The number of benzene rings is 1. The van der Waals surface area contributed by atoms with Crippen LogP contribution in [0, 0.1) is 11.7 Å². The molecule has 0 radical (unpaired) electrons. The van der Waals surface area contributed by atoms with Crippen LogP contribution in [0.25, 0.3) is 0 Å². The maximum atomic E-state index is 13.4. The molecular weight excluding hydrogens is 243 g/mol. The highest BCUT2D eigenvalue weighted by Gasteiger charge is 2.19. The van der Waals surface area contributed by atoms with Crippen LogP contribution in [0.5, 0.6) is 0 Å². The SMILES string of the molecule is NC1CCCC(CNC(=O)Cc2ccccc2F)C1. The number of nitrogens with two attached hydrogens (primary N) is 1. The second-order valence-electron chi connectivity index (χ2n) is 5.36.